The number of rotatable bonds is 5. The molecule has 4 rings (SSSR count). The van der Waals surface area contributed by atoms with Crippen molar-refractivity contribution in [2.75, 3.05) is 18.5 Å². The molecule has 0 amide bonds. The molecule has 4 N–H and O–H groups in total. The Morgan fingerprint density at radius 3 is 2.53 bits per heavy atom. The normalized spacial score (nSPS) is 15.2. The molecule has 1 saturated heterocycles. The van der Waals surface area contributed by atoms with Gasteiger partial charge in [-0.25, -0.2) is 9.78 Å². The number of carboxylic acid groups (broad SMARTS) is 1. The van der Waals surface area contributed by atoms with Gasteiger partial charge in [0.15, 0.2) is 0 Å². The number of nitrogens with one attached hydrogen (secondary N) is 1. The van der Waals surface area contributed by atoms with Gasteiger partial charge in [0.25, 0.3) is 0 Å². The molecule has 34 heavy (non-hydrogen) atoms. The summed E-state index contributed by atoms with van der Waals surface area (Å²) in [5.74, 6) is -2.76. The maximum Gasteiger partial charge on any atom is 0.490 e. The van der Waals surface area contributed by atoms with Crippen molar-refractivity contribution in [2.24, 2.45) is 5.73 Å². The molecule has 1 fully saturated rings. The van der Waals surface area contributed by atoms with Crippen molar-refractivity contribution in [1.82, 2.24) is 9.55 Å². The highest BCUT2D eigenvalue weighted by molar-refractivity contribution is 5.73. The third kappa shape index (κ3) is 6.58. The van der Waals surface area contributed by atoms with Gasteiger partial charge in [0.2, 0.25) is 0 Å². The molecule has 0 saturated carbocycles. The number of nitrogens with two attached hydrogens (primary N) is 1. The van der Waals surface area contributed by atoms with Crippen LogP contribution in [0.2, 0.25) is 0 Å². The van der Waals surface area contributed by atoms with Crippen molar-refractivity contribution in [1.29, 1.82) is 0 Å². The van der Waals surface area contributed by atoms with Gasteiger partial charge in [0, 0.05) is 49.1 Å². The number of aryl methyl sites for hydroxylation is 1. The lowest BCUT2D eigenvalue weighted by Gasteiger charge is -2.34. The van der Waals surface area contributed by atoms with Crippen LogP contribution in [0.3, 0.4) is 0 Å². The van der Waals surface area contributed by atoms with Gasteiger partial charge in [-0.05, 0) is 60.7 Å². The molecule has 2 aromatic carbocycles. The molecule has 1 aromatic heterocycles. The first-order valence-corrected chi connectivity index (χ1v) is 10.7. The zero-order chi connectivity index (χ0) is 24.8. The Morgan fingerprint density at radius 2 is 1.94 bits per heavy atom. The minimum Gasteiger partial charge on any atom is -0.475 e. The Hall–Kier alpha value is -3.37. The summed E-state index contributed by atoms with van der Waals surface area (Å²) >= 11 is 0. The highest BCUT2D eigenvalue weighted by Gasteiger charge is 2.38. The van der Waals surface area contributed by atoms with Crippen LogP contribution in [0, 0.1) is 6.92 Å². The number of benzene rings is 2. The van der Waals surface area contributed by atoms with Crippen LogP contribution in [0.15, 0.2) is 61.2 Å². The number of halogens is 3. The lowest BCUT2D eigenvalue weighted by molar-refractivity contribution is -0.192. The molecule has 7 nitrogen and oxygen atoms in total. The van der Waals surface area contributed by atoms with Crippen LogP contribution < -0.4 is 11.1 Å². The number of ether oxygens (including phenoxy) is 1. The smallest absolute Gasteiger partial charge is 0.475 e. The molecule has 1 aliphatic heterocycles. The molecule has 0 aliphatic carbocycles. The molecular formula is C24H27F3N4O3. The van der Waals surface area contributed by atoms with Crippen LogP contribution in [0.1, 0.15) is 29.5 Å². The Morgan fingerprint density at radius 1 is 1.24 bits per heavy atom. The van der Waals surface area contributed by atoms with E-state index >= 15 is 0 Å². The first-order chi connectivity index (χ1) is 16.1. The SMILES string of the molecule is Cc1cc(-n2ccnc2)ccc1CNc1cccc(C2(N)CCOCC2)c1.O=C(O)C(F)(F)F. The van der Waals surface area contributed by atoms with E-state index in [2.05, 4.69) is 59.7 Å². The van der Waals surface area contributed by atoms with Crippen molar-refractivity contribution in [3.63, 3.8) is 0 Å². The predicted octanol–water partition coefficient (Wildman–Crippen LogP) is 4.39. The zero-order valence-electron chi connectivity index (χ0n) is 18.7. The van der Waals surface area contributed by atoms with Crippen LogP contribution in [-0.4, -0.2) is 40.0 Å². The van der Waals surface area contributed by atoms with E-state index in [0.717, 1.165) is 44.0 Å². The monoisotopic (exact) mass is 476 g/mol. The zero-order valence-corrected chi connectivity index (χ0v) is 18.7. The maximum atomic E-state index is 10.6. The third-order valence-electron chi connectivity index (χ3n) is 5.68. The summed E-state index contributed by atoms with van der Waals surface area (Å²) in [5, 5.41) is 10.7. The summed E-state index contributed by atoms with van der Waals surface area (Å²) in [6.07, 6.45) is 2.21. The Balaban J connectivity index is 0.000000406. The summed E-state index contributed by atoms with van der Waals surface area (Å²) in [6, 6.07) is 15.0. The van der Waals surface area contributed by atoms with Crippen molar-refractivity contribution in [2.45, 2.75) is 38.0 Å². The molecular weight excluding hydrogens is 449 g/mol. The number of aliphatic carboxylic acids is 1. The van der Waals surface area contributed by atoms with Gasteiger partial charge >= 0.3 is 12.1 Å². The second-order valence-corrected chi connectivity index (χ2v) is 8.09. The number of carboxylic acids is 1. The summed E-state index contributed by atoms with van der Waals surface area (Å²) in [5.41, 5.74) is 12.3. The predicted molar refractivity (Wildman–Crippen MR) is 122 cm³/mol. The molecule has 182 valence electrons. The topological polar surface area (TPSA) is 102 Å². The average molecular weight is 476 g/mol. The van der Waals surface area contributed by atoms with Gasteiger partial charge in [-0.1, -0.05) is 18.2 Å². The van der Waals surface area contributed by atoms with E-state index in [1.54, 1.807) is 6.20 Å². The fourth-order valence-electron chi connectivity index (χ4n) is 3.61. The van der Waals surface area contributed by atoms with Crippen molar-refractivity contribution in [3.05, 3.63) is 77.9 Å². The number of hydrogen-bond donors (Lipinski definition) is 3. The molecule has 0 unspecified atom stereocenters. The largest absolute Gasteiger partial charge is 0.490 e. The average Bonchev–Trinajstić information content (AvgIpc) is 3.34. The van der Waals surface area contributed by atoms with Gasteiger partial charge < -0.3 is 25.5 Å². The fourth-order valence-corrected chi connectivity index (χ4v) is 3.61. The Bertz CT molecular complexity index is 1100. The van der Waals surface area contributed by atoms with Gasteiger partial charge in [0.1, 0.15) is 0 Å². The highest BCUT2D eigenvalue weighted by Crippen LogP contribution is 2.31. The van der Waals surface area contributed by atoms with Crippen LogP contribution in [-0.2, 0) is 21.6 Å². The second-order valence-electron chi connectivity index (χ2n) is 8.09. The highest BCUT2D eigenvalue weighted by atomic mass is 19.4. The number of alkyl halides is 3. The van der Waals surface area contributed by atoms with E-state index in [0.29, 0.717) is 0 Å². The number of carbonyl (C=O) groups is 1. The number of anilines is 1. The molecule has 3 aromatic rings. The van der Waals surface area contributed by atoms with Gasteiger partial charge in [-0.3, -0.25) is 0 Å². The van der Waals surface area contributed by atoms with Crippen LogP contribution in [0.25, 0.3) is 5.69 Å². The van der Waals surface area contributed by atoms with Gasteiger partial charge in [-0.15, -0.1) is 0 Å². The molecule has 2 heterocycles. The number of nitrogens with zero attached hydrogens (tertiary/aromatic N) is 2. The van der Waals surface area contributed by atoms with Gasteiger partial charge in [0.05, 0.1) is 6.33 Å². The Kier molecular flexibility index (Phi) is 7.95. The standard InChI is InChI=1S/C22H26N4O.C2HF3O2/c1-17-13-21(26-10-9-24-16-26)6-5-18(17)15-25-20-4-2-3-19(14-20)22(23)7-11-27-12-8-22;3-2(4,5)1(6)7/h2-6,9-10,13-14,16,25H,7-8,11-12,15,23H2,1H3;(H,6,7). The number of hydrogen-bond acceptors (Lipinski definition) is 5. The summed E-state index contributed by atoms with van der Waals surface area (Å²) in [7, 11) is 0. The van der Waals surface area contributed by atoms with E-state index in [4.69, 9.17) is 20.4 Å². The summed E-state index contributed by atoms with van der Waals surface area (Å²) in [4.78, 5) is 13.0. The summed E-state index contributed by atoms with van der Waals surface area (Å²) < 4.78 is 39.2. The lowest BCUT2D eigenvalue weighted by Crippen LogP contribution is -2.42. The van der Waals surface area contributed by atoms with E-state index in [9.17, 15) is 13.2 Å². The minimum absolute atomic E-state index is 0.279. The van der Waals surface area contributed by atoms with E-state index in [-0.39, 0.29) is 5.54 Å². The molecule has 10 heteroatoms. The lowest BCUT2D eigenvalue weighted by atomic mass is 9.83. The number of imidazole rings is 1. The van der Waals surface area contributed by atoms with Crippen molar-refractivity contribution in [3.8, 4) is 5.69 Å². The van der Waals surface area contributed by atoms with Gasteiger partial charge in [-0.2, -0.15) is 13.2 Å². The fraction of sp³-hybridized carbons (Fsp3) is 0.333. The molecule has 0 radical (unpaired) electrons. The van der Waals surface area contributed by atoms with Crippen molar-refractivity contribution < 1.29 is 27.8 Å². The Labute approximate surface area is 195 Å². The van der Waals surface area contributed by atoms with E-state index in [1.165, 1.54) is 16.7 Å². The first kappa shape index (κ1) is 25.3. The van der Waals surface area contributed by atoms with Crippen molar-refractivity contribution >= 4 is 11.7 Å². The molecule has 0 bridgehead atoms. The van der Waals surface area contributed by atoms with Crippen LogP contribution >= 0.6 is 0 Å². The molecule has 1 aliphatic rings. The van der Waals surface area contributed by atoms with E-state index < -0.39 is 12.1 Å². The second kappa shape index (κ2) is 10.7. The molecule has 0 atom stereocenters. The summed E-state index contributed by atoms with van der Waals surface area (Å²) in [6.45, 7) is 4.39. The van der Waals surface area contributed by atoms with Crippen LogP contribution in [0.5, 0.6) is 0 Å². The quantitative estimate of drug-likeness (QED) is 0.505. The molecule has 0 spiro atoms. The first-order valence-electron chi connectivity index (χ1n) is 10.7. The third-order valence-corrected chi connectivity index (χ3v) is 5.68. The maximum absolute atomic E-state index is 10.6. The minimum atomic E-state index is -5.08. The van der Waals surface area contributed by atoms with Crippen LogP contribution in [0.4, 0.5) is 18.9 Å². The number of aromatic nitrogens is 2. The van der Waals surface area contributed by atoms with E-state index in [1.807, 2.05) is 17.1 Å².